The molecule has 0 aromatic rings. The number of hydrogen-bond donors (Lipinski definition) is 3. The number of halogens is 1. The lowest BCUT2D eigenvalue weighted by Crippen LogP contribution is -2.01. The zero-order valence-electron chi connectivity index (χ0n) is 6.19. The van der Waals surface area contributed by atoms with Gasteiger partial charge in [-0.1, -0.05) is 0 Å². The molecule has 0 rings (SSSR count). The Morgan fingerprint density at radius 3 is 2.17 bits per heavy atom. The van der Waals surface area contributed by atoms with Crippen molar-refractivity contribution in [3.05, 3.63) is 11.4 Å². The molecule has 0 aliphatic carbocycles. The predicted octanol–water partition coefficient (Wildman–Crippen LogP) is 0.492. The molecule has 7 heteroatoms. The van der Waals surface area contributed by atoms with E-state index in [0.29, 0.717) is 0 Å². The molecule has 0 aromatic heterocycles. The van der Waals surface area contributed by atoms with Gasteiger partial charge in [0.1, 0.15) is 0 Å². The van der Waals surface area contributed by atoms with Gasteiger partial charge < -0.3 is 14.9 Å². The van der Waals surface area contributed by atoms with Crippen LogP contribution in [0, 0.1) is 0 Å². The molecule has 0 spiro atoms. The molecule has 0 unspecified atom stereocenters. The van der Waals surface area contributed by atoms with Gasteiger partial charge in [0.25, 0.3) is 0 Å². The van der Waals surface area contributed by atoms with E-state index < -0.39 is 31.1 Å². The van der Waals surface area contributed by atoms with Gasteiger partial charge in [-0.2, -0.15) is 4.39 Å². The van der Waals surface area contributed by atoms with Gasteiger partial charge in [0.2, 0.25) is 5.83 Å². The highest BCUT2D eigenvalue weighted by atomic mass is 31.2. The molecule has 0 bridgehead atoms. The molecule has 0 radical (unpaired) electrons. The van der Waals surface area contributed by atoms with E-state index in [1.807, 2.05) is 0 Å². The van der Waals surface area contributed by atoms with Gasteiger partial charge in [-0.25, -0.2) is 4.79 Å². The van der Waals surface area contributed by atoms with E-state index in [4.69, 9.17) is 14.9 Å². The summed E-state index contributed by atoms with van der Waals surface area (Å²) in [5.41, 5.74) is -0.462. The van der Waals surface area contributed by atoms with E-state index in [2.05, 4.69) is 0 Å². The lowest BCUT2D eigenvalue weighted by molar-refractivity contribution is -0.134. The summed E-state index contributed by atoms with van der Waals surface area (Å²) in [6, 6.07) is 0. The zero-order valence-corrected chi connectivity index (χ0v) is 7.08. The molecule has 3 N–H and O–H groups in total. The molecule has 70 valence electrons. The second-order valence-electron chi connectivity index (χ2n) is 2.22. The number of carbonyl (C=O) groups is 1. The van der Waals surface area contributed by atoms with Crippen molar-refractivity contribution >= 4 is 13.6 Å². The van der Waals surface area contributed by atoms with Crippen LogP contribution in [-0.2, 0) is 9.36 Å². The van der Waals surface area contributed by atoms with Crippen LogP contribution in [-0.4, -0.2) is 27.0 Å². The Labute approximate surface area is 67.7 Å². The number of aliphatic carboxylic acids is 1. The largest absolute Gasteiger partial charge is 0.476 e. The summed E-state index contributed by atoms with van der Waals surface area (Å²) in [4.78, 5) is 26.6. The molecule has 0 atom stereocenters. The average molecular weight is 198 g/mol. The van der Waals surface area contributed by atoms with Crippen LogP contribution < -0.4 is 0 Å². The number of allylic oxidation sites excluding steroid dienone is 1. The molecular weight excluding hydrogens is 190 g/mol. The Morgan fingerprint density at radius 2 is 1.92 bits per heavy atom. The molecule has 0 heterocycles. The molecule has 0 aliphatic rings. The van der Waals surface area contributed by atoms with Gasteiger partial charge in [0, 0.05) is 0 Å². The van der Waals surface area contributed by atoms with Gasteiger partial charge in [-0.15, -0.1) is 0 Å². The van der Waals surface area contributed by atoms with Crippen LogP contribution in [0.4, 0.5) is 4.39 Å². The summed E-state index contributed by atoms with van der Waals surface area (Å²) >= 11 is 0. The standard InChI is InChI=1S/C5H8FO5P/c1-3(2-12(9,10)11)4(6)5(7)8/h2H2,1H3,(H,7,8)(H2,9,10,11)/b4-3-. The Bertz CT molecular complexity index is 265. The fraction of sp³-hybridized carbons (Fsp3) is 0.400. The highest BCUT2D eigenvalue weighted by molar-refractivity contribution is 7.52. The molecule has 0 saturated carbocycles. The third-order valence-corrected chi connectivity index (χ3v) is 1.89. The van der Waals surface area contributed by atoms with Crippen molar-refractivity contribution in [3.63, 3.8) is 0 Å². The van der Waals surface area contributed by atoms with E-state index in [1.54, 1.807) is 0 Å². The summed E-state index contributed by atoms with van der Waals surface area (Å²) in [5, 5.41) is 8.06. The number of rotatable bonds is 3. The van der Waals surface area contributed by atoms with Crippen molar-refractivity contribution in [3.8, 4) is 0 Å². The third kappa shape index (κ3) is 4.23. The van der Waals surface area contributed by atoms with Crippen molar-refractivity contribution in [1.29, 1.82) is 0 Å². The van der Waals surface area contributed by atoms with Crippen LogP contribution in [0.2, 0.25) is 0 Å². The fourth-order valence-electron chi connectivity index (χ4n) is 0.561. The van der Waals surface area contributed by atoms with E-state index in [9.17, 15) is 13.8 Å². The molecular formula is C5H8FO5P. The molecule has 0 fully saturated rings. The second-order valence-corrected chi connectivity index (χ2v) is 3.87. The monoisotopic (exact) mass is 198 g/mol. The molecule has 0 aliphatic heterocycles. The minimum atomic E-state index is -4.38. The predicted molar refractivity (Wildman–Crippen MR) is 38.4 cm³/mol. The van der Waals surface area contributed by atoms with Crippen LogP contribution in [0.1, 0.15) is 6.92 Å². The second kappa shape index (κ2) is 3.80. The van der Waals surface area contributed by atoms with Gasteiger partial charge in [-0.05, 0) is 12.5 Å². The number of carboxylic acids is 1. The lowest BCUT2D eigenvalue weighted by Gasteiger charge is -2.03. The maximum atomic E-state index is 12.4. The summed E-state index contributed by atoms with van der Waals surface area (Å²) in [5.74, 6) is -3.33. The number of hydrogen-bond acceptors (Lipinski definition) is 2. The highest BCUT2D eigenvalue weighted by Crippen LogP contribution is 2.37. The van der Waals surface area contributed by atoms with Crippen molar-refractivity contribution in [1.82, 2.24) is 0 Å². The van der Waals surface area contributed by atoms with E-state index >= 15 is 0 Å². The summed E-state index contributed by atoms with van der Waals surface area (Å²) in [6.45, 7) is 1.02. The normalized spacial score (nSPS) is 14.0. The van der Waals surface area contributed by atoms with Crippen LogP contribution >= 0.6 is 7.60 Å². The quantitative estimate of drug-likeness (QED) is 0.453. The van der Waals surface area contributed by atoms with Crippen molar-refractivity contribution < 1.29 is 28.6 Å². The summed E-state index contributed by atoms with van der Waals surface area (Å²) in [6.07, 6.45) is -0.870. The van der Waals surface area contributed by atoms with Crippen LogP contribution in [0.15, 0.2) is 11.4 Å². The first-order valence-electron chi connectivity index (χ1n) is 2.87. The highest BCUT2D eigenvalue weighted by Gasteiger charge is 2.19. The van der Waals surface area contributed by atoms with Gasteiger partial charge in [-0.3, -0.25) is 4.57 Å². The minimum Gasteiger partial charge on any atom is -0.476 e. The van der Waals surface area contributed by atoms with E-state index in [1.165, 1.54) is 0 Å². The van der Waals surface area contributed by atoms with Crippen molar-refractivity contribution in [2.24, 2.45) is 0 Å². The Kier molecular flexibility index (Phi) is 3.57. The lowest BCUT2D eigenvalue weighted by atomic mass is 10.3. The van der Waals surface area contributed by atoms with Crippen LogP contribution in [0.5, 0.6) is 0 Å². The van der Waals surface area contributed by atoms with Gasteiger partial charge in [0.15, 0.2) is 0 Å². The first kappa shape index (κ1) is 11.3. The molecule has 0 saturated heterocycles. The Morgan fingerprint density at radius 1 is 1.50 bits per heavy atom. The molecule has 0 aromatic carbocycles. The van der Waals surface area contributed by atoms with Gasteiger partial charge in [0.05, 0.1) is 6.16 Å². The van der Waals surface area contributed by atoms with Crippen molar-refractivity contribution in [2.45, 2.75) is 6.92 Å². The average Bonchev–Trinajstić information content (AvgIpc) is 1.82. The maximum absolute atomic E-state index is 12.4. The molecule has 0 amide bonds. The Balaban J connectivity index is 4.60. The first-order chi connectivity index (χ1) is 5.24. The third-order valence-electron chi connectivity index (χ3n) is 1.01. The number of carboxylic acid groups (broad SMARTS) is 1. The van der Waals surface area contributed by atoms with E-state index in [-0.39, 0.29) is 0 Å². The molecule has 5 nitrogen and oxygen atoms in total. The van der Waals surface area contributed by atoms with E-state index in [0.717, 1.165) is 6.92 Å². The SMILES string of the molecule is C/C(CP(=O)(O)O)=C(/F)C(=O)O. The van der Waals surface area contributed by atoms with Gasteiger partial charge >= 0.3 is 13.6 Å². The summed E-state index contributed by atoms with van der Waals surface area (Å²) in [7, 11) is -4.38. The Hall–Kier alpha value is -0.710. The smallest absolute Gasteiger partial charge is 0.364 e. The van der Waals surface area contributed by atoms with Crippen molar-refractivity contribution in [2.75, 3.05) is 6.16 Å². The fourth-order valence-corrected chi connectivity index (χ4v) is 1.32. The zero-order chi connectivity index (χ0) is 9.94. The van der Waals surface area contributed by atoms with Crippen LogP contribution in [0.25, 0.3) is 0 Å². The minimum absolute atomic E-state index is 0.462. The topological polar surface area (TPSA) is 94.8 Å². The molecule has 12 heavy (non-hydrogen) atoms. The van der Waals surface area contributed by atoms with Crippen LogP contribution in [0.3, 0.4) is 0 Å². The summed E-state index contributed by atoms with van der Waals surface area (Å²) < 4.78 is 22.7. The maximum Gasteiger partial charge on any atom is 0.364 e. The first-order valence-corrected chi connectivity index (χ1v) is 4.67.